The molecule has 9 heteroatoms. The summed E-state index contributed by atoms with van der Waals surface area (Å²) in [5.74, 6) is -1.03. The van der Waals surface area contributed by atoms with Gasteiger partial charge in [0.25, 0.3) is 5.91 Å². The lowest BCUT2D eigenvalue weighted by atomic mass is 10.1. The molecule has 0 bridgehead atoms. The monoisotopic (exact) mass is 342 g/mol. The number of amides is 1. The topological polar surface area (TPSA) is 95.2 Å². The molecule has 0 unspecified atom stereocenters. The van der Waals surface area contributed by atoms with Crippen LogP contribution in [0.5, 0.6) is 5.75 Å². The number of aromatic amines is 1. The van der Waals surface area contributed by atoms with E-state index in [0.717, 1.165) is 17.0 Å². The number of rotatable bonds is 3. The smallest absolute Gasteiger partial charge is 0.417 e. The fourth-order valence-corrected chi connectivity index (χ4v) is 2.20. The number of fused-ring (bicyclic) bond motifs is 1. The lowest BCUT2D eigenvalue weighted by molar-refractivity contribution is -0.136. The Labute approximate surface area is 135 Å². The number of alkyl halides is 3. The zero-order valence-corrected chi connectivity index (χ0v) is 13.3. The highest BCUT2D eigenvalue weighted by Gasteiger charge is 2.34. The van der Waals surface area contributed by atoms with E-state index in [-0.39, 0.29) is 28.5 Å². The van der Waals surface area contributed by atoms with Crippen molar-refractivity contribution in [3.8, 4) is 5.75 Å². The predicted molar refractivity (Wildman–Crippen MR) is 83.1 cm³/mol. The van der Waals surface area contributed by atoms with E-state index < -0.39 is 23.6 Å². The Hall–Kier alpha value is -2.71. The second-order valence-electron chi connectivity index (χ2n) is 5.50. The number of aromatic nitrogens is 1. The summed E-state index contributed by atoms with van der Waals surface area (Å²) in [6.07, 6.45) is -4.84. The van der Waals surface area contributed by atoms with Gasteiger partial charge in [-0.2, -0.15) is 13.2 Å². The van der Waals surface area contributed by atoms with Crippen molar-refractivity contribution in [2.24, 2.45) is 5.73 Å². The first-order valence-corrected chi connectivity index (χ1v) is 7.04. The van der Waals surface area contributed by atoms with Gasteiger partial charge in [-0.15, -0.1) is 0 Å². The van der Waals surface area contributed by atoms with Crippen LogP contribution in [-0.4, -0.2) is 34.9 Å². The molecule has 1 aromatic carbocycles. The standard InChI is InChI=1S/C15H17F3N4O2/c1-7(2)24-11-5-4-9(15(16,17)18)8-6-10(21-12(8)11)13(23)22(3)14(19)20/h4-7,21H,1-3H3,(H3,19,20). The van der Waals surface area contributed by atoms with Crippen molar-refractivity contribution in [1.82, 2.24) is 9.88 Å². The Kier molecular flexibility index (Phi) is 4.46. The Morgan fingerprint density at radius 2 is 2.00 bits per heavy atom. The molecule has 0 atom stereocenters. The van der Waals surface area contributed by atoms with Crippen LogP contribution in [0.25, 0.3) is 10.9 Å². The average molecular weight is 342 g/mol. The van der Waals surface area contributed by atoms with Gasteiger partial charge < -0.3 is 15.5 Å². The zero-order chi connectivity index (χ0) is 18.2. The van der Waals surface area contributed by atoms with Crippen molar-refractivity contribution in [3.05, 3.63) is 29.5 Å². The van der Waals surface area contributed by atoms with Crippen LogP contribution in [0.15, 0.2) is 18.2 Å². The highest BCUT2D eigenvalue weighted by molar-refractivity contribution is 6.06. The molecule has 6 nitrogen and oxygen atoms in total. The second kappa shape index (κ2) is 6.06. The van der Waals surface area contributed by atoms with E-state index in [1.54, 1.807) is 13.8 Å². The van der Waals surface area contributed by atoms with Crippen molar-refractivity contribution < 1.29 is 22.7 Å². The van der Waals surface area contributed by atoms with Crippen LogP contribution in [0.4, 0.5) is 13.2 Å². The number of ether oxygens (including phenoxy) is 1. The van der Waals surface area contributed by atoms with E-state index in [4.69, 9.17) is 15.9 Å². The lowest BCUT2D eigenvalue weighted by Crippen LogP contribution is -2.38. The molecular formula is C15H17F3N4O2. The molecule has 4 N–H and O–H groups in total. The predicted octanol–water partition coefficient (Wildman–Crippen LogP) is 2.94. The van der Waals surface area contributed by atoms with Crippen molar-refractivity contribution in [3.63, 3.8) is 0 Å². The molecule has 0 aliphatic rings. The van der Waals surface area contributed by atoms with Gasteiger partial charge in [-0.3, -0.25) is 15.1 Å². The lowest BCUT2D eigenvalue weighted by Gasteiger charge is -2.14. The molecular weight excluding hydrogens is 325 g/mol. The Balaban J connectivity index is 2.66. The molecule has 1 aromatic heterocycles. The van der Waals surface area contributed by atoms with Gasteiger partial charge in [0.15, 0.2) is 5.96 Å². The first kappa shape index (κ1) is 17.6. The van der Waals surface area contributed by atoms with Crippen LogP contribution in [-0.2, 0) is 6.18 Å². The highest BCUT2D eigenvalue weighted by Crippen LogP contribution is 2.38. The van der Waals surface area contributed by atoms with E-state index in [9.17, 15) is 18.0 Å². The summed E-state index contributed by atoms with van der Waals surface area (Å²) in [6.45, 7) is 3.48. The van der Waals surface area contributed by atoms with E-state index in [0.29, 0.717) is 0 Å². The van der Waals surface area contributed by atoms with Gasteiger partial charge in [-0.05, 0) is 32.0 Å². The van der Waals surface area contributed by atoms with Crippen LogP contribution in [0.2, 0.25) is 0 Å². The number of halogens is 3. The van der Waals surface area contributed by atoms with Gasteiger partial charge in [0.2, 0.25) is 0 Å². The number of nitrogens with zero attached hydrogens (tertiary/aromatic N) is 1. The van der Waals surface area contributed by atoms with Crippen molar-refractivity contribution in [2.75, 3.05) is 7.05 Å². The first-order chi connectivity index (χ1) is 11.0. The Bertz CT molecular complexity index is 796. The van der Waals surface area contributed by atoms with Gasteiger partial charge in [0, 0.05) is 12.4 Å². The van der Waals surface area contributed by atoms with Gasteiger partial charge in [-0.1, -0.05) is 0 Å². The molecule has 1 amide bonds. The maximum atomic E-state index is 13.2. The fourth-order valence-electron chi connectivity index (χ4n) is 2.20. The minimum Gasteiger partial charge on any atom is -0.489 e. The summed E-state index contributed by atoms with van der Waals surface area (Å²) in [5.41, 5.74) is 4.30. The Morgan fingerprint density at radius 1 is 1.38 bits per heavy atom. The minimum absolute atomic E-state index is 0.0684. The number of nitrogens with two attached hydrogens (primary N) is 1. The van der Waals surface area contributed by atoms with Gasteiger partial charge in [-0.25, -0.2) is 0 Å². The van der Waals surface area contributed by atoms with Crippen LogP contribution in [0, 0.1) is 5.41 Å². The van der Waals surface area contributed by atoms with Crippen molar-refractivity contribution >= 4 is 22.8 Å². The molecule has 0 radical (unpaired) electrons. The van der Waals surface area contributed by atoms with Gasteiger partial charge in [0.05, 0.1) is 17.2 Å². The number of hydrogen-bond acceptors (Lipinski definition) is 3. The second-order valence-corrected chi connectivity index (χ2v) is 5.50. The minimum atomic E-state index is -4.58. The molecule has 0 aliphatic heterocycles. The average Bonchev–Trinajstić information content (AvgIpc) is 2.89. The van der Waals surface area contributed by atoms with Crippen molar-refractivity contribution in [2.45, 2.75) is 26.1 Å². The van der Waals surface area contributed by atoms with E-state index >= 15 is 0 Å². The third kappa shape index (κ3) is 3.29. The van der Waals surface area contributed by atoms with Gasteiger partial charge in [0.1, 0.15) is 11.4 Å². The molecule has 0 fully saturated rings. The summed E-state index contributed by atoms with van der Waals surface area (Å²) in [6, 6.07) is 3.22. The third-order valence-electron chi connectivity index (χ3n) is 3.32. The van der Waals surface area contributed by atoms with Crippen LogP contribution >= 0.6 is 0 Å². The number of H-pyrrole nitrogens is 1. The van der Waals surface area contributed by atoms with Crippen molar-refractivity contribution in [1.29, 1.82) is 5.41 Å². The third-order valence-corrected chi connectivity index (χ3v) is 3.32. The summed E-state index contributed by atoms with van der Waals surface area (Å²) in [4.78, 5) is 15.7. The van der Waals surface area contributed by atoms with E-state index in [1.807, 2.05) is 0 Å². The van der Waals surface area contributed by atoms with E-state index in [1.165, 1.54) is 13.1 Å². The number of carbonyl (C=O) groups is 1. The largest absolute Gasteiger partial charge is 0.489 e. The maximum Gasteiger partial charge on any atom is 0.417 e. The molecule has 0 spiro atoms. The molecule has 2 aromatic rings. The number of hydrogen-bond donors (Lipinski definition) is 3. The molecule has 2 rings (SSSR count). The first-order valence-electron chi connectivity index (χ1n) is 7.04. The van der Waals surface area contributed by atoms with Crippen LogP contribution < -0.4 is 10.5 Å². The van der Waals surface area contributed by atoms with Crippen LogP contribution in [0.1, 0.15) is 29.9 Å². The zero-order valence-electron chi connectivity index (χ0n) is 13.3. The number of benzene rings is 1. The van der Waals surface area contributed by atoms with Crippen LogP contribution in [0.3, 0.4) is 0 Å². The molecule has 130 valence electrons. The molecule has 0 aliphatic carbocycles. The fraction of sp³-hybridized carbons (Fsp3) is 0.333. The number of nitrogens with one attached hydrogen (secondary N) is 2. The van der Waals surface area contributed by atoms with Gasteiger partial charge >= 0.3 is 6.18 Å². The molecule has 0 saturated carbocycles. The quantitative estimate of drug-likeness (QED) is 0.591. The summed E-state index contributed by atoms with van der Waals surface area (Å²) >= 11 is 0. The SMILES string of the molecule is CC(C)Oc1ccc(C(F)(F)F)c2cc(C(=O)N(C)C(=N)N)[nH]c12. The molecule has 24 heavy (non-hydrogen) atoms. The molecule has 1 heterocycles. The normalized spacial score (nSPS) is 11.8. The number of guanidine groups is 1. The maximum absolute atomic E-state index is 13.2. The summed E-state index contributed by atoms with van der Waals surface area (Å²) in [5, 5.41) is 7.08. The highest BCUT2D eigenvalue weighted by atomic mass is 19.4. The Morgan fingerprint density at radius 3 is 2.50 bits per heavy atom. The number of carbonyl (C=O) groups excluding carboxylic acids is 1. The molecule has 0 saturated heterocycles. The summed E-state index contributed by atoms with van der Waals surface area (Å²) < 4.78 is 45.1. The van der Waals surface area contributed by atoms with E-state index in [2.05, 4.69) is 4.98 Å². The summed E-state index contributed by atoms with van der Waals surface area (Å²) in [7, 11) is 1.26.